The Bertz CT molecular complexity index is 486. The fraction of sp³-hybridized carbons (Fsp3) is 0.154. The van der Waals surface area contributed by atoms with Gasteiger partial charge in [-0.15, -0.1) is 0 Å². The lowest BCUT2D eigenvalue weighted by molar-refractivity contribution is 0.506. The summed E-state index contributed by atoms with van der Waals surface area (Å²) in [7, 11) is 0. The van der Waals surface area contributed by atoms with Crippen molar-refractivity contribution >= 4 is 0 Å². The van der Waals surface area contributed by atoms with Crippen molar-refractivity contribution in [2.24, 2.45) is 0 Å². The van der Waals surface area contributed by atoms with Crippen LogP contribution < -0.4 is 5.32 Å². The standard InChI is InChI=1S/C13H12F2N2/c14-12-4-3-10(6-13(12)15)7-17-9-11-2-1-5-16-8-11/h1-6,8,17H,7,9H2. The Morgan fingerprint density at radius 1 is 1.00 bits per heavy atom. The van der Waals surface area contributed by atoms with Gasteiger partial charge in [0.15, 0.2) is 11.6 Å². The summed E-state index contributed by atoms with van der Waals surface area (Å²) in [5.74, 6) is -1.63. The third-order valence-electron chi connectivity index (χ3n) is 2.37. The van der Waals surface area contributed by atoms with Gasteiger partial charge in [-0.3, -0.25) is 4.98 Å². The molecule has 0 atom stereocenters. The number of pyridine rings is 1. The molecular weight excluding hydrogens is 222 g/mol. The number of nitrogens with zero attached hydrogens (tertiary/aromatic N) is 1. The highest BCUT2D eigenvalue weighted by Gasteiger charge is 2.01. The van der Waals surface area contributed by atoms with Crippen molar-refractivity contribution in [2.45, 2.75) is 13.1 Å². The molecule has 0 spiro atoms. The van der Waals surface area contributed by atoms with Crippen molar-refractivity contribution in [3.05, 3.63) is 65.5 Å². The molecule has 2 rings (SSSR count). The normalized spacial score (nSPS) is 10.5. The van der Waals surface area contributed by atoms with Crippen LogP contribution in [0.15, 0.2) is 42.7 Å². The van der Waals surface area contributed by atoms with Crippen molar-refractivity contribution < 1.29 is 8.78 Å². The molecule has 0 amide bonds. The maximum absolute atomic E-state index is 12.9. The summed E-state index contributed by atoms with van der Waals surface area (Å²) in [6.07, 6.45) is 3.47. The summed E-state index contributed by atoms with van der Waals surface area (Å²) in [6, 6.07) is 7.70. The Morgan fingerprint density at radius 2 is 1.82 bits per heavy atom. The number of hydrogen-bond donors (Lipinski definition) is 1. The maximum Gasteiger partial charge on any atom is 0.159 e. The smallest absolute Gasteiger partial charge is 0.159 e. The fourth-order valence-corrected chi connectivity index (χ4v) is 1.50. The van der Waals surface area contributed by atoms with Gasteiger partial charge < -0.3 is 5.32 Å². The van der Waals surface area contributed by atoms with Gasteiger partial charge in [0, 0.05) is 25.5 Å². The number of halogens is 2. The van der Waals surface area contributed by atoms with E-state index < -0.39 is 11.6 Å². The second-order valence-electron chi connectivity index (χ2n) is 3.71. The van der Waals surface area contributed by atoms with Gasteiger partial charge in [0.05, 0.1) is 0 Å². The van der Waals surface area contributed by atoms with Gasteiger partial charge >= 0.3 is 0 Å². The van der Waals surface area contributed by atoms with Gasteiger partial charge in [-0.1, -0.05) is 12.1 Å². The van der Waals surface area contributed by atoms with Crippen LogP contribution in [0.5, 0.6) is 0 Å². The first kappa shape index (κ1) is 11.7. The second-order valence-corrected chi connectivity index (χ2v) is 3.71. The summed E-state index contributed by atoms with van der Waals surface area (Å²) >= 11 is 0. The predicted molar refractivity (Wildman–Crippen MR) is 61.1 cm³/mol. The van der Waals surface area contributed by atoms with E-state index >= 15 is 0 Å². The van der Waals surface area contributed by atoms with Crippen molar-refractivity contribution in [1.82, 2.24) is 10.3 Å². The van der Waals surface area contributed by atoms with E-state index in [-0.39, 0.29) is 0 Å². The first-order valence-electron chi connectivity index (χ1n) is 5.29. The lowest BCUT2D eigenvalue weighted by Gasteiger charge is -2.05. The first-order chi connectivity index (χ1) is 8.25. The van der Waals surface area contributed by atoms with Crippen LogP contribution in [0.1, 0.15) is 11.1 Å². The molecule has 0 saturated carbocycles. The summed E-state index contributed by atoms with van der Waals surface area (Å²) in [5.41, 5.74) is 1.77. The number of aromatic nitrogens is 1. The van der Waals surface area contributed by atoms with E-state index in [4.69, 9.17) is 0 Å². The third kappa shape index (κ3) is 3.32. The molecule has 2 nitrogen and oxygen atoms in total. The average Bonchev–Trinajstić information content (AvgIpc) is 2.35. The highest BCUT2D eigenvalue weighted by molar-refractivity contribution is 5.17. The number of benzene rings is 1. The SMILES string of the molecule is Fc1ccc(CNCc2cccnc2)cc1F. The molecule has 17 heavy (non-hydrogen) atoms. The molecule has 0 radical (unpaired) electrons. The van der Waals surface area contributed by atoms with Gasteiger partial charge in [0.1, 0.15) is 0 Å². The Kier molecular flexibility index (Phi) is 3.77. The van der Waals surface area contributed by atoms with Gasteiger partial charge in [-0.25, -0.2) is 8.78 Å². The number of rotatable bonds is 4. The predicted octanol–water partition coefficient (Wildman–Crippen LogP) is 2.65. The summed E-state index contributed by atoms with van der Waals surface area (Å²) < 4.78 is 25.6. The monoisotopic (exact) mass is 234 g/mol. The van der Waals surface area contributed by atoms with E-state index in [0.717, 1.165) is 11.6 Å². The van der Waals surface area contributed by atoms with Crippen LogP contribution in [0.4, 0.5) is 8.78 Å². The molecule has 0 bridgehead atoms. The molecule has 1 aromatic heterocycles. The van der Waals surface area contributed by atoms with E-state index in [9.17, 15) is 8.78 Å². The van der Waals surface area contributed by atoms with E-state index in [1.807, 2.05) is 12.1 Å². The second kappa shape index (κ2) is 5.50. The van der Waals surface area contributed by atoms with Crippen LogP contribution in [-0.2, 0) is 13.1 Å². The maximum atomic E-state index is 12.9. The molecule has 0 saturated heterocycles. The van der Waals surface area contributed by atoms with E-state index in [1.54, 1.807) is 18.5 Å². The lowest BCUT2D eigenvalue weighted by Crippen LogP contribution is -2.13. The highest BCUT2D eigenvalue weighted by atomic mass is 19.2. The van der Waals surface area contributed by atoms with E-state index in [0.29, 0.717) is 18.7 Å². The molecule has 2 aromatic rings. The molecule has 0 unspecified atom stereocenters. The van der Waals surface area contributed by atoms with Crippen LogP contribution in [0.3, 0.4) is 0 Å². The number of hydrogen-bond acceptors (Lipinski definition) is 2. The van der Waals surface area contributed by atoms with Gasteiger partial charge in [0.2, 0.25) is 0 Å². The molecule has 1 aromatic carbocycles. The zero-order valence-corrected chi connectivity index (χ0v) is 9.16. The Morgan fingerprint density at radius 3 is 2.53 bits per heavy atom. The van der Waals surface area contributed by atoms with Crippen LogP contribution >= 0.6 is 0 Å². The minimum Gasteiger partial charge on any atom is -0.309 e. The third-order valence-corrected chi connectivity index (χ3v) is 2.37. The van der Waals surface area contributed by atoms with Crippen molar-refractivity contribution in [3.8, 4) is 0 Å². The summed E-state index contributed by atoms with van der Waals surface area (Å²) in [5, 5.41) is 3.14. The molecule has 0 fully saturated rings. The van der Waals surface area contributed by atoms with Crippen molar-refractivity contribution in [3.63, 3.8) is 0 Å². The van der Waals surface area contributed by atoms with Gasteiger partial charge in [0.25, 0.3) is 0 Å². The zero-order valence-electron chi connectivity index (χ0n) is 9.16. The average molecular weight is 234 g/mol. The molecule has 1 heterocycles. The van der Waals surface area contributed by atoms with Crippen LogP contribution in [0, 0.1) is 11.6 Å². The van der Waals surface area contributed by atoms with Gasteiger partial charge in [-0.05, 0) is 29.3 Å². The minimum atomic E-state index is -0.819. The van der Waals surface area contributed by atoms with Crippen molar-refractivity contribution in [1.29, 1.82) is 0 Å². The topological polar surface area (TPSA) is 24.9 Å². The highest BCUT2D eigenvalue weighted by Crippen LogP contribution is 2.08. The quantitative estimate of drug-likeness (QED) is 0.879. The lowest BCUT2D eigenvalue weighted by atomic mass is 10.2. The molecule has 0 aliphatic rings. The van der Waals surface area contributed by atoms with Crippen LogP contribution in [0.2, 0.25) is 0 Å². The Balaban J connectivity index is 1.88. The first-order valence-corrected chi connectivity index (χ1v) is 5.29. The zero-order chi connectivity index (χ0) is 12.1. The summed E-state index contributed by atoms with van der Waals surface area (Å²) in [6.45, 7) is 1.14. The molecule has 88 valence electrons. The molecule has 1 N–H and O–H groups in total. The van der Waals surface area contributed by atoms with E-state index in [2.05, 4.69) is 10.3 Å². The van der Waals surface area contributed by atoms with Crippen LogP contribution in [0.25, 0.3) is 0 Å². The van der Waals surface area contributed by atoms with Crippen LogP contribution in [-0.4, -0.2) is 4.98 Å². The molecule has 0 aliphatic carbocycles. The molecule has 4 heteroatoms. The largest absolute Gasteiger partial charge is 0.309 e. The molecule has 0 aliphatic heterocycles. The van der Waals surface area contributed by atoms with Gasteiger partial charge in [-0.2, -0.15) is 0 Å². The minimum absolute atomic E-state index is 0.492. The van der Waals surface area contributed by atoms with Crippen molar-refractivity contribution in [2.75, 3.05) is 0 Å². The Hall–Kier alpha value is -1.81. The number of nitrogens with one attached hydrogen (secondary N) is 1. The Labute approximate surface area is 98.3 Å². The summed E-state index contributed by atoms with van der Waals surface area (Å²) in [4.78, 5) is 3.99. The fourth-order valence-electron chi connectivity index (χ4n) is 1.50. The van der Waals surface area contributed by atoms with E-state index in [1.165, 1.54) is 6.07 Å². The molecular formula is C13H12F2N2.